The van der Waals surface area contributed by atoms with Gasteiger partial charge in [-0.2, -0.15) is 0 Å². The van der Waals surface area contributed by atoms with Gasteiger partial charge in [0, 0.05) is 0 Å². The highest BCUT2D eigenvalue weighted by Gasteiger charge is 2.09. The minimum absolute atomic E-state index is 1.26. The fourth-order valence-corrected chi connectivity index (χ4v) is 3.58. The van der Waals surface area contributed by atoms with Gasteiger partial charge in [0.1, 0.15) is 0 Å². The summed E-state index contributed by atoms with van der Waals surface area (Å²) in [6.07, 6.45) is 2.33. The lowest BCUT2D eigenvalue weighted by atomic mass is 9.90. The van der Waals surface area contributed by atoms with Crippen LogP contribution < -0.4 is 0 Å². The van der Waals surface area contributed by atoms with Crippen molar-refractivity contribution in [3.63, 3.8) is 0 Å². The summed E-state index contributed by atoms with van der Waals surface area (Å²) in [4.78, 5) is 0. The molecule has 0 nitrogen and oxygen atoms in total. The summed E-state index contributed by atoms with van der Waals surface area (Å²) in [7, 11) is 0. The third kappa shape index (κ3) is 4.09. The van der Waals surface area contributed by atoms with Crippen LogP contribution in [0.1, 0.15) is 44.5 Å². The molecule has 3 aromatic carbocycles. The second-order valence-corrected chi connectivity index (χ2v) is 7.17. The molecule has 25 heavy (non-hydrogen) atoms. The first kappa shape index (κ1) is 17.2. The third-order valence-corrected chi connectivity index (χ3v) is 4.52. The average Bonchev–Trinajstić information content (AvgIpc) is 2.51. The largest absolute Gasteiger partial charge is 0.0620 e. The number of aryl methyl sites for hydroxylation is 5. The van der Waals surface area contributed by atoms with Gasteiger partial charge in [0.2, 0.25) is 0 Å². The van der Waals surface area contributed by atoms with Gasteiger partial charge < -0.3 is 0 Å². The molecule has 126 valence electrons. The van der Waals surface area contributed by atoms with Gasteiger partial charge in [-0.3, -0.25) is 0 Å². The second kappa shape index (κ2) is 7.11. The highest BCUT2D eigenvalue weighted by atomic mass is 14.1. The average molecular weight is 326 g/mol. The molecular weight excluding hydrogens is 300 g/mol. The van der Waals surface area contributed by atoms with E-state index in [4.69, 9.17) is 0 Å². The summed E-state index contributed by atoms with van der Waals surface area (Å²) in [5.74, 6) is 0. The number of hydrogen-bond donors (Lipinski definition) is 0. The van der Waals surface area contributed by atoms with Crippen LogP contribution in [-0.2, 0) is 0 Å². The van der Waals surface area contributed by atoms with Crippen LogP contribution in [0.4, 0.5) is 0 Å². The zero-order chi connectivity index (χ0) is 18.0. The zero-order valence-corrected chi connectivity index (χ0v) is 15.9. The molecule has 0 radical (unpaired) electrons. The van der Waals surface area contributed by atoms with Crippen molar-refractivity contribution in [2.45, 2.75) is 34.6 Å². The van der Waals surface area contributed by atoms with Crippen LogP contribution in [0.25, 0.3) is 11.6 Å². The monoisotopic (exact) mass is 326 g/mol. The van der Waals surface area contributed by atoms with Gasteiger partial charge in [-0.05, 0) is 68.5 Å². The summed E-state index contributed by atoms with van der Waals surface area (Å²) >= 11 is 0. The minimum atomic E-state index is 1.26. The van der Waals surface area contributed by atoms with Crippen LogP contribution >= 0.6 is 0 Å². The predicted molar refractivity (Wildman–Crippen MR) is 110 cm³/mol. The molecule has 0 spiro atoms. The molecule has 3 rings (SSSR count). The van der Waals surface area contributed by atoms with Gasteiger partial charge in [0.25, 0.3) is 0 Å². The molecule has 0 heterocycles. The van der Waals surface area contributed by atoms with Gasteiger partial charge in [0.15, 0.2) is 0 Å². The molecule has 0 amide bonds. The maximum atomic E-state index is 2.33. The van der Waals surface area contributed by atoms with E-state index in [0.29, 0.717) is 0 Å². The van der Waals surface area contributed by atoms with E-state index < -0.39 is 0 Å². The van der Waals surface area contributed by atoms with Crippen molar-refractivity contribution in [1.29, 1.82) is 0 Å². The highest BCUT2D eigenvalue weighted by Crippen LogP contribution is 2.30. The van der Waals surface area contributed by atoms with Crippen molar-refractivity contribution >= 4 is 11.6 Å². The van der Waals surface area contributed by atoms with Crippen molar-refractivity contribution in [3.05, 3.63) is 105 Å². The SMILES string of the molecule is Cc1cc(C)cc(/C=C(/c2cc(C)cc(C)c2)c2ccccc2C)c1. The molecule has 0 aliphatic heterocycles. The maximum Gasteiger partial charge on any atom is -0.0103 e. The summed E-state index contributed by atoms with van der Waals surface area (Å²) in [5, 5.41) is 0. The number of hydrogen-bond acceptors (Lipinski definition) is 0. The molecule has 0 aliphatic carbocycles. The Balaban J connectivity index is 2.25. The van der Waals surface area contributed by atoms with Crippen LogP contribution in [0.15, 0.2) is 60.7 Å². The number of rotatable bonds is 3. The van der Waals surface area contributed by atoms with Crippen LogP contribution in [-0.4, -0.2) is 0 Å². The van der Waals surface area contributed by atoms with Gasteiger partial charge in [0.05, 0.1) is 0 Å². The Bertz CT molecular complexity index is 902. The molecule has 0 N–H and O–H groups in total. The van der Waals surface area contributed by atoms with Crippen molar-refractivity contribution in [1.82, 2.24) is 0 Å². The molecule has 3 aromatic rings. The van der Waals surface area contributed by atoms with Gasteiger partial charge in [-0.15, -0.1) is 0 Å². The molecule has 0 atom stereocenters. The van der Waals surface area contributed by atoms with E-state index in [1.54, 1.807) is 0 Å². The lowest BCUT2D eigenvalue weighted by Crippen LogP contribution is -1.94. The Hall–Kier alpha value is -2.60. The maximum absolute atomic E-state index is 2.33. The van der Waals surface area contributed by atoms with Crippen molar-refractivity contribution < 1.29 is 0 Å². The lowest BCUT2D eigenvalue weighted by molar-refractivity contribution is 1.35. The van der Waals surface area contributed by atoms with Gasteiger partial charge >= 0.3 is 0 Å². The van der Waals surface area contributed by atoms with Crippen molar-refractivity contribution in [2.24, 2.45) is 0 Å². The van der Waals surface area contributed by atoms with E-state index in [-0.39, 0.29) is 0 Å². The van der Waals surface area contributed by atoms with Gasteiger partial charge in [-0.25, -0.2) is 0 Å². The summed E-state index contributed by atoms with van der Waals surface area (Å²) in [5.41, 5.74) is 11.6. The first-order chi connectivity index (χ1) is 11.9. The molecule has 0 saturated heterocycles. The van der Waals surface area contributed by atoms with E-state index in [0.717, 1.165) is 0 Å². The fourth-order valence-electron chi connectivity index (χ4n) is 3.58. The third-order valence-electron chi connectivity index (χ3n) is 4.52. The highest BCUT2D eigenvalue weighted by molar-refractivity contribution is 5.92. The standard InChI is InChI=1S/C25H26/c1-17-10-18(2)13-22(12-17)16-25(24-9-7-6-8-21(24)5)23-14-19(3)11-20(4)15-23/h6-16H,1-5H3/b25-16-. The topological polar surface area (TPSA) is 0 Å². The smallest absolute Gasteiger partial charge is 0.0103 e. The Kier molecular flexibility index (Phi) is 4.90. The Morgan fingerprint density at radius 1 is 0.640 bits per heavy atom. The van der Waals surface area contributed by atoms with E-state index in [2.05, 4.69) is 101 Å². The van der Waals surface area contributed by atoms with Crippen LogP contribution in [0.3, 0.4) is 0 Å². The molecule has 0 aliphatic rings. The van der Waals surface area contributed by atoms with Crippen LogP contribution in [0.2, 0.25) is 0 Å². The lowest BCUT2D eigenvalue weighted by Gasteiger charge is -2.14. The molecule has 0 fully saturated rings. The molecule has 0 aromatic heterocycles. The zero-order valence-electron chi connectivity index (χ0n) is 15.9. The molecule has 0 saturated carbocycles. The Morgan fingerprint density at radius 2 is 1.16 bits per heavy atom. The Labute approximate surface area is 151 Å². The summed E-state index contributed by atoms with van der Waals surface area (Å²) in [6, 6.07) is 22.2. The van der Waals surface area contributed by atoms with Crippen LogP contribution in [0.5, 0.6) is 0 Å². The fraction of sp³-hybridized carbons (Fsp3) is 0.200. The van der Waals surface area contributed by atoms with Gasteiger partial charge in [-0.1, -0.05) is 82.9 Å². The van der Waals surface area contributed by atoms with E-state index in [9.17, 15) is 0 Å². The predicted octanol–water partition coefficient (Wildman–Crippen LogP) is 6.82. The van der Waals surface area contributed by atoms with Crippen molar-refractivity contribution in [3.8, 4) is 0 Å². The second-order valence-electron chi connectivity index (χ2n) is 7.17. The number of benzene rings is 3. The quantitative estimate of drug-likeness (QED) is 0.463. The van der Waals surface area contributed by atoms with Crippen molar-refractivity contribution in [2.75, 3.05) is 0 Å². The normalized spacial score (nSPS) is 11.6. The van der Waals surface area contributed by atoms with E-state index in [1.165, 1.54) is 50.1 Å². The molecular formula is C25H26. The summed E-state index contributed by atoms with van der Waals surface area (Å²) in [6.45, 7) is 10.8. The first-order valence-corrected chi connectivity index (χ1v) is 8.87. The minimum Gasteiger partial charge on any atom is -0.0620 e. The molecule has 0 unspecified atom stereocenters. The van der Waals surface area contributed by atoms with E-state index in [1.807, 2.05) is 0 Å². The molecule has 0 bridgehead atoms. The molecule has 0 heteroatoms. The van der Waals surface area contributed by atoms with E-state index >= 15 is 0 Å². The Morgan fingerprint density at radius 3 is 1.72 bits per heavy atom. The van der Waals surface area contributed by atoms with Crippen LogP contribution in [0, 0.1) is 34.6 Å². The summed E-state index contributed by atoms with van der Waals surface area (Å²) < 4.78 is 0. The first-order valence-electron chi connectivity index (χ1n) is 8.87.